The molecule has 6 nitrogen and oxygen atoms in total. The van der Waals surface area contributed by atoms with Crippen LogP contribution in [-0.4, -0.2) is 22.2 Å². The van der Waals surface area contributed by atoms with E-state index in [9.17, 15) is 20.6 Å². The summed E-state index contributed by atoms with van der Waals surface area (Å²) in [6, 6.07) is 48.4. The summed E-state index contributed by atoms with van der Waals surface area (Å²) >= 11 is 0. The third-order valence-electron chi connectivity index (χ3n) is 18.2. The van der Waals surface area contributed by atoms with Gasteiger partial charge in [0, 0.05) is 33.8 Å². The van der Waals surface area contributed by atoms with Gasteiger partial charge in [-0.25, -0.2) is 4.98 Å². The third kappa shape index (κ3) is 9.14. The maximum atomic E-state index is 11.1. The van der Waals surface area contributed by atoms with Gasteiger partial charge in [-0.05, 0) is 160 Å². The summed E-state index contributed by atoms with van der Waals surface area (Å²) in [6.45, 7) is 6.48. The van der Waals surface area contributed by atoms with Crippen LogP contribution in [0, 0.1) is 6.33 Å². The number of nitrogens with zero attached hydrogens (tertiary/aromatic N) is 4. The number of hydrogen-bond donors (Lipinski definition) is 0. The topological polar surface area (TPSA) is 49.0 Å². The van der Waals surface area contributed by atoms with Crippen molar-refractivity contribution in [1.82, 2.24) is 14.1 Å². The molecule has 18 rings (SSSR count). The van der Waals surface area contributed by atoms with Crippen LogP contribution in [-0.2, 0) is 5.41 Å². The number of aromatic nitrogens is 4. The summed E-state index contributed by atoms with van der Waals surface area (Å²) in [4.78, 5) is 4.92. The fourth-order valence-corrected chi connectivity index (χ4v) is 17.4. The Kier molecular flexibility index (Phi) is 9.37. The molecular weight excluding hydrogens is 1170 g/mol. The summed E-state index contributed by atoms with van der Waals surface area (Å²) in [5.74, 6) is 1.62. The van der Waals surface area contributed by atoms with Gasteiger partial charge in [-0.15, -0.1) is 0 Å². The standard InChI is InChI=1S/C88H62N4O2Si/c1-88(2,3)61-48-49-89-85(54-61)92-80-42-19-17-38-74(80)75-46-45-64(56-81(75)92)93-63-26-22-25-62(55-63)90-57-91-86-69(59-44-47-84-78(51-59)76-39-18-20-43-83(76)94-84)40-23-41-77(86)72-36-15-13-34-70(72)71-35-14-16-37-73(71)79-52-60(53-82(90)87(79)91)58-24-21-33-68(50-58)95(65-27-7-4-8-28-65,66-29-9-5-10-30-66)67-31-11-6-12-32-67/h4-56H,1-3H3/i4D,5D,6D,7D,8D,9D,10D,11D,21D,24D,27D,28D,29D,30D,31D,32D,33D,50D. The van der Waals surface area contributed by atoms with Crippen LogP contribution in [0.3, 0.4) is 0 Å². The number of benzene rings is 13. The normalized spacial score (nSPS) is 14.8. The number of para-hydroxylation sites is 3. The predicted molar refractivity (Wildman–Crippen MR) is 393 cm³/mol. The third-order valence-corrected chi connectivity index (χ3v) is 22.2. The number of furan rings is 1. The summed E-state index contributed by atoms with van der Waals surface area (Å²) in [7, 11) is -6.14. The van der Waals surface area contributed by atoms with Crippen LogP contribution in [0.5, 0.6) is 11.5 Å². The molecule has 0 amide bonds. The minimum absolute atomic E-state index is 0.00815. The van der Waals surface area contributed by atoms with E-state index in [0.29, 0.717) is 56.2 Å². The number of rotatable bonds is 10. The first-order chi connectivity index (χ1) is 54.2. The van der Waals surface area contributed by atoms with E-state index in [4.69, 9.17) is 18.3 Å². The van der Waals surface area contributed by atoms with E-state index in [1.807, 2.05) is 167 Å². The lowest BCUT2D eigenvalue weighted by Gasteiger charge is -2.34. The molecule has 0 saturated carbocycles. The predicted octanol–water partition coefficient (Wildman–Crippen LogP) is 19.2. The van der Waals surface area contributed by atoms with Gasteiger partial charge >= 0.3 is 0 Å². The van der Waals surface area contributed by atoms with Crippen molar-refractivity contribution in [3.05, 3.63) is 333 Å². The molecule has 0 saturated heterocycles. The highest BCUT2D eigenvalue weighted by atomic mass is 28.3. The van der Waals surface area contributed by atoms with Crippen molar-refractivity contribution in [3.63, 3.8) is 0 Å². The van der Waals surface area contributed by atoms with E-state index in [1.165, 1.54) is 0 Å². The number of fused-ring (bicyclic) bond motifs is 13. The highest BCUT2D eigenvalue weighted by Gasteiger charge is 2.41. The minimum atomic E-state index is -6.14. The van der Waals surface area contributed by atoms with Gasteiger partial charge in [0.1, 0.15) is 28.5 Å². The number of imidazole rings is 1. The zero-order valence-electron chi connectivity index (χ0n) is 69.3. The van der Waals surface area contributed by atoms with Crippen LogP contribution in [0.15, 0.2) is 326 Å². The smallest absolute Gasteiger partial charge is 0.269 e. The first-order valence-corrected chi connectivity index (χ1v) is 33.1. The molecule has 0 N–H and O–H groups in total. The van der Waals surface area contributed by atoms with Gasteiger partial charge in [0.25, 0.3) is 6.33 Å². The van der Waals surface area contributed by atoms with Gasteiger partial charge < -0.3 is 9.15 Å². The molecule has 0 radical (unpaired) electrons. The van der Waals surface area contributed by atoms with Gasteiger partial charge in [0.15, 0.2) is 8.07 Å². The Labute approximate surface area is 577 Å². The largest absolute Gasteiger partial charge is 0.458 e. The van der Waals surface area contributed by atoms with E-state index in [1.54, 1.807) is 12.1 Å². The Morgan fingerprint density at radius 2 is 1.07 bits per heavy atom. The number of pyridine rings is 1. The van der Waals surface area contributed by atoms with Crippen LogP contribution in [0.4, 0.5) is 0 Å². The molecule has 4 aromatic heterocycles. The second kappa shape index (κ2) is 22.2. The maximum Gasteiger partial charge on any atom is 0.269 e. The molecule has 1 aliphatic heterocycles. The molecule has 0 aliphatic carbocycles. The van der Waals surface area contributed by atoms with Crippen LogP contribution in [0.1, 0.15) is 51.0 Å². The molecule has 1 aliphatic rings. The second-order valence-electron chi connectivity index (χ2n) is 24.6. The second-order valence-corrected chi connectivity index (χ2v) is 28.1. The zero-order valence-corrected chi connectivity index (χ0v) is 52.3. The Morgan fingerprint density at radius 1 is 0.442 bits per heavy atom. The molecule has 0 unspecified atom stereocenters. The molecule has 0 fully saturated rings. The average molecular weight is 1250 g/mol. The monoisotopic (exact) mass is 1250 g/mol. The first-order valence-electron chi connectivity index (χ1n) is 40.1. The molecule has 17 aromatic rings. The molecule has 0 atom stereocenters. The number of hydrogen-bond acceptors (Lipinski definition) is 3. The Hall–Kier alpha value is -11.9. The fourth-order valence-electron chi connectivity index (χ4n) is 13.8. The molecule has 450 valence electrons. The quantitative estimate of drug-likeness (QED) is 0.0593. The van der Waals surface area contributed by atoms with E-state index in [-0.39, 0.29) is 11.0 Å². The van der Waals surface area contributed by atoms with Crippen molar-refractivity contribution in [2.24, 2.45) is 0 Å². The first kappa shape index (κ1) is 40.2. The lowest BCUT2D eigenvalue weighted by atomic mass is 9.87. The highest BCUT2D eigenvalue weighted by Crippen LogP contribution is 2.47. The summed E-state index contributed by atoms with van der Waals surface area (Å²) in [5.41, 5.74) is 11.6. The van der Waals surface area contributed by atoms with Gasteiger partial charge in [-0.1, -0.05) is 257 Å². The molecule has 7 heteroatoms. The molecule has 13 aromatic carbocycles. The van der Waals surface area contributed by atoms with Crippen molar-refractivity contribution in [2.75, 3.05) is 0 Å². The van der Waals surface area contributed by atoms with Crippen LogP contribution >= 0.6 is 0 Å². The molecule has 0 spiro atoms. The summed E-state index contributed by atoms with van der Waals surface area (Å²) < 4.78 is 193. The summed E-state index contributed by atoms with van der Waals surface area (Å²) in [5, 5.41) is 0.429. The SMILES string of the molecule is [2H]c1cc([2H])c([Si](c2c([2H])c([2H])c([2H])c([2H])c2[2H])(c2c([2H])c([2H])c([2H])c([2H])c2[2H])c2c([2H])c([2H])c([2H])c(-c3cc4c5c(c3)n(-c3cccc(Oc6ccc7c8ccccc8n(-c8cc(C(C)(C)C)ccn8)c7c6)c3)[c-][n+]5-c3c(-c5ccc6oc7ccccc7c6c5)cccc3-c3ccccc3-c3ccccc3-4)c2[2H])c([2H])c1[2H]. The maximum absolute atomic E-state index is 11.1. The Balaban J connectivity index is 0.966. The van der Waals surface area contributed by atoms with E-state index in [2.05, 4.69) is 68.1 Å². The van der Waals surface area contributed by atoms with Crippen molar-refractivity contribution in [2.45, 2.75) is 26.2 Å². The van der Waals surface area contributed by atoms with Crippen molar-refractivity contribution in [3.8, 4) is 84.3 Å². The van der Waals surface area contributed by atoms with E-state index in [0.717, 1.165) is 83.4 Å². The van der Waals surface area contributed by atoms with E-state index >= 15 is 0 Å². The van der Waals surface area contributed by atoms with Gasteiger partial charge in [-0.3, -0.25) is 13.7 Å². The minimum Gasteiger partial charge on any atom is -0.458 e. The Morgan fingerprint density at radius 3 is 1.85 bits per heavy atom. The zero-order chi connectivity index (χ0) is 79.0. The van der Waals surface area contributed by atoms with Crippen LogP contribution in [0.25, 0.3) is 128 Å². The molecular formula is C88H62N4O2Si. The van der Waals surface area contributed by atoms with Crippen LogP contribution in [0.2, 0.25) is 0 Å². The average Bonchev–Trinajstić information content (AvgIpc) is 1.49. The fraction of sp³-hybridized carbons (Fsp3) is 0.0455. The van der Waals surface area contributed by atoms with Gasteiger partial charge in [-0.2, -0.15) is 0 Å². The Bertz CT molecular complexity index is 6920. The number of ether oxygens (including phenoxy) is 1. The van der Waals surface area contributed by atoms with Gasteiger partial charge in [0.05, 0.1) is 58.1 Å². The van der Waals surface area contributed by atoms with Crippen molar-refractivity contribution in [1.29, 1.82) is 0 Å². The van der Waals surface area contributed by atoms with Crippen LogP contribution < -0.4 is 30.1 Å². The van der Waals surface area contributed by atoms with Crippen molar-refractivity contribution < 1.29 is 38.4 Å². The lowest BCUT2D eigenvalue weighted by Crippen LogP contribution is -2.74. The van der Waals surface area contributed by atoms with E-state index < -0.39 is 143 Å². The van der Waals surface area contributed by atoms with Gasteiger partial charge in [0.2, 0.25) is 0 Å². The highest BCUT2D eigenvalue weighted by molar-refractivity contribution is 7.20. The van der Waals surface area contributed by atoms with Crippen molar-refractivity contribution >= 4 is 83.6 Å². The molecule has 5 heterocycles. The summed E-state index contributed by atoms with van der Waals surface area (Å²) in [6.07, 6.45) is 5.67. The molecule has 0 bridgehead atoms. The lowest BCUT2D eigenvalue weighted by molar-refractivity contribution is -0.570. The molecule has 95 heavy (non-hydrogen) atoms.